The number of rotatable bonds is 11. The lowest BCUT2D eigenvalue weighted by molar-refractivity contribution is -0.239. The highest BCUT2D eigenvalue weighted by atomic mass is 31.2. The number of amides is 3. The van der Waals surface area contributed by atoms with Crippen LogP contribution in [-0.4, -0.2) is 87.0 Å². The molecule has 17 heteroatoms. The van der Waals surface area contributed by atoms with E-state index in [9.17, 15) is 34.3 Å². The zero-order valence-corrected chi connectivity index (χ0v) is 21.7. The maximum Gasteiger partial charge on any atom is 0.459 e. The molecule has 2 aliphatic heterocycles. The molecular formula is C20H32FN4O11P. The number of hydrogen-bond acceptors (Lipinski definition) is 12. The van der Waals surface area contributed by atoms with Gasteiger partial charge in [0.15, 0.2) is 11.9 Å². The zero-order chi connectivity index (χ0) is 28.3. The lowest BCUT2D eigenvalue weighted by Gasteiger charge is -2.40. The summed E-state index contributed by atoms with van der Waals surface area (Å²) in [6.07, 6.45) is -3.37. The molecule has 2 saturated heterocycles. The maximum absolute atomic E-state index is 15.5. The maximum atomic E-state index is 15.5. The number of halogens is 1. The number of nitrogens with one attached hydrogen (secondary N) is 3. The second-order valence-electron chi connectivity index (χ2n) is 8.77. The lowest BCUT2D eigenvalue weighted by Crippen LogP contribution is -2.75. The minimum atomic E-state index is -4.39. The Morgan fingerprint density at radius 3 is 2.57 bits per heavy atom. The average Bonchev–Trinajstić information content (AvgIpc) is 2.98. The number of allylic oxidation sites excluding steroid dienone is 3. The number of alkyl halides is 1. The van der Waals surface area contributed by atoms with E-state index in [1.54, 1.807) is 24.6 Å². The van der Waals surface area contributed by atoms with Crippen LogP contribution < -0.4 is 15.8 Å². The minimum Gasteiger partial charge on any atom is -0.462 e. The van der Waals surface area contributed by atoms with Crippen LogP contribution in [-0.2, 0) is 32.7 Å². The van der Waals surface area contributed by atoms with Gasteiger partial charge in [0.1, 0.15) is 24.0 Å². The van der Waals surface area contributed by atoms with Crippen LogP contribution in [0.4, 0.5) is 9.18 Å². The van der Waals surface area contributed by atoms with Crippen molar-refractivity contribution >= 4 is 25.7 Å². The van der Waals surface area contributed by atoms with Gasteiger partial charge < -0.3 is 29.3 Å². The standard InChI is InChI=1S/C20H32FN4O11P/c1-7-8-11(4)36-37(32,23-12(5)15(27)34-10(2)3)33-9-13-14(26)19(6,21)17(35-13)25-18(29)22-16(28)20(30,31)24-25/h7-8,10,12-14,17,24,26,30-31H,1,9H2,2-6H3,(H,23,32)(H,22,28,29). The Hall–Kier alpha value is -2.43. The summed E-state index contributed by atoms with van der Waals surface area (Å²) < 4.78 is 50.0. The van der Waals surface area contributed by atoms with E-state index >= 15 is 4.39 Å². The van der Waals surface area contributed by atoms with E-state index < -0.39 is 74.4 Å². The molecule has 3 amide bonds. The first kappa shape index (κ1) is 30.8. The highest BCUT2D eigenvalue weighted by Crippen LogP contribution is 2.48. The number of aliphatic hydroxyl groups excluding tert-OH is 1. The number of ether oxygens (including phenoxy) is 2. The number of esters is 1. The number of nitrogens with zero attached hydrogens (tertiary/aromatic N) is 1. The van der Waals surface area contributed by atoms with Gasteiger partial charge in [-0.2, -0.15) is 10.5 Å². The van der Waals surface area contributed by atoms with Crippen molar-refractivity contribution in [3.63, 3.8) is 0 Å². The van der Waals surface area contributed by atoms with Gasteiger partial charge >= 0.3 is 31.6 Å². The summed E-state index contributed by atoms with van der Waals surface area (Å²) in [6.45, 7) is 9.53. The molecule has 0 spiro atoms. The molecule has 37 heavy (non-hydrogen) atoms. The van der Waals surface area contributed by atoms with Crippen molar-refractivity contribution in [2.24, 2.45) is 0 Å². The molecule has 2 aliphatic rings. The molecule has 0 aromatic rings. The van der Waals surface area contributed by atoms with Gasteiger partial charge in [-0.25, -0.2) is 18.8 Å². The first-order valence-electron chi connectivity index (χ1n) is 11.0. The van der Waals surface area contributed by atoms with Crippen molar-refractivity contribution in [3.8, 4) is 0 Å². The molecule has 0 aromatic carbocycles. The van der Waals surface area contributed by atoms with E-state index in [1.165, 1.54) is 26.0 Å². The molecule has 0 radical (unpaired) electrons. The molecule has 15 nitrogen and oxygen atoms in total. The Morgan fingerprint density at radius 2 is 2.00 bits per heavy atom. The van der Waals surface area contributed by atoms with Crippen LogP contribution in [0.25, 0.3) is 0 Å². The third-order valence-corrected chi connectivity index (χ3v) is 6.79. The molecule has 2 fully saturated rings. The van der Waals surface area contributed by atoms with Crippen molar-refractivity contribution in [2.45, 2.75) is 76.8 Å². The first-order chi connectivity index (χ1) is 16.9. The Bertz CT molecular complexity index is 989. The predicted octanol–water partition coefficient (Wildman–Crippen LogP) is -0.344. The van der Waals surface area contributed by atoms with Crippen LogP contribution in [0.2, 0.25) is 0 Å². The van der Waals surface area contributed by atoms with Crippen molar-refractivity contribution in [1.82, 2.24) is 20.8 Å². The van der Waals surface area contributed by atoms with Crippen LogP contribution in [0, 0.1) is 0 Å². The molecule has 0 saturated carbocycles. The van der Waals surface area contributed by atoms with Crippen molar-refractivity contribution in [3.05, 3.63) is 24.5 Å². The second-order valence-corrected chi connectivity index (χ2v) is 10.5. The summed E-state index contributed by atoms with van der Waals surface area (Å²) in [7, 11) is -4.39. The SMILES string of the molecule is C=CC=C(C)OP(=O)(NC(C)C(=O)OC(C)C)OCC1OC(N2NC(O)(O)C(=O)NC2=O)C(C)(F)C1O. The van der Waals surface area contributed by atoms with Gasteiger partial charge in [0.2, 0.25) is 0 Å². The van der Waals surface area contributed by atoms with Crippen LogP contribution in [0.3, 0.4) is 0 Å². The first-order valence-corrected chi connectivity index (χ1v) is 12.6. The number of hydrazine groups is 1. The van der Waals surface area contributed by atoms with Crippen LogP contribution in [0.1, 0.15) is 34.6 Å². The quantitative estimate of drug-likeness (QED) is 0.0636. The minimum absolute atomic E-state index is 0.0671. The smallest absolute Gasteiger partial charge is 0.459 e. The molecule has 2 rings (SSSR count). The van der Waals surface area contributed by atoms with Gasteiger partial charge in [-0.05, 0) is 40.7 Å². The summed E-state index contributed by atoms with van der Waals surface area (Å²) in [5.74, 6) is -5.51. The third kappa shape index (κ3) is 7.33. The van der Waals surface area contributed by atoms with E-state index in [4.69, 9.17) is 18.5 Å². The molecule has 0 aliphatic carbocycles. The average molecular weight is 554 g/mol. The van der Waals surface area contributed by atoms with Gasteiger partial charge in [-0.3, -0.25) is 19.4 Å². The summed E-state index contributed by atoms with van der Waals surface area (Å²) in [5.41, 5.74) is -1.05. The van der Waals surface area contributed by atoms with Gasteiger partial charge in [-0.1, -0.05) is 12.7 Å². The molecule has 2 heterocycles. The highest BCUT2D eigenvalue weighted by Gasteiger charge is 2.60. The topological polar surface area (TPSA) is 205 Å². The highest BCUT2D eigenvalue weighted by molar-refractivity contribution is 7.51. The predicted molar refractivity (Wildman–Crippen MR) is 122 cm³/mol. The van der Waals surface area contributed by atoms with E-state index in [0.29, 0.717) is 0 Å². The largest absolute Gasteiger partial charge is 0.462 e. The number of carbonyl (C=O) groups is 3. The van der Waals surface area contributed by atoms with Crippen LogP contribution in [0.5, 0.6) is 0 Å². The van der Waals surface area contributed by atoms with Gasteiger partial charge in [-0.15, -0.1) is 0 Å². The number of aliphatic hydroxyl groups is 3. The molecule has 6 atom stereocenters. The molecular weight excluding hydrogens is 522 g/mol. The van der Waals surface area contributed by atoms with Gasteiger partial charge in [0, 0.05) is 0 Å². The summed E-state index contributed by atoms with van der Waals surface area (Å²) in [6, 6.07) is -2.48. The Balaban J connectivity index is 2.21. The Kier molecular flexibility index (Phi) is 9.60. The van der Waals surface area contributed by atoms with Crippen LogP contribution >= 0.6 is 7.75 Å². The second kappa shape index (κ2) is 11.5. The Morgan fingerprint density at radius 1 is 1.38 bits per heavy atom. The zero-order valence-electron chi connectivity index (χ0n) is 20.8. The number of urea groups is 1. The molecule has 0 aromatic heterocycles. The number of imide groups is 1. The summed E-state index contributed by atoms with van der Waals surface area (Å²) >= 11 is 0. The third-order valence-electron chi connectivity index (χ3n) is 5.07. The monoisotopic (exact) mass is 554 g/mol. The number of hydrogen-bond donors (Lipinski definition) is 6. The number of carbonyl (C=O) groups excluding carboxylic acids is 3. The molecule has 6 unspecified atom stereocenters. The van der Waals surface area contributed by atoms with Gasteiger partial charge in [0.05, 0.1) is 12.7 Å². The van der Waals surface area contributed by atoms with Crippen molar-refractivity contribution in [1.29, 1.82) is 0 Å². The molecule has 210 valence electrons. The Labute approximate surface area is 212 Å². The fraction of sp³-hybridized carbons (Fsp3) is 0.650. The van der Waals surface area contributed by atoms with Crippen molar-refractivity contribution < 1.29 is 57.2 Å². The summed E-state index contributed by atoms with van der Waals surface area (Å²) in [5, 5.41) is 34.1. The van der Waals surface area contributed by atoms with E-state index in [-0.39, 0.29) is 10.8 Å². The van der Waals surface area contributed by atoms with Gasteiger partial charge in [0.25, 0.3) is 0 Å². The fourth-order valence-electron chi connectivity index (χ4n) is 3.28. The molecule has 6 N–H and O–H groups in total. The lowest BCUT2D eigenvalue weighted by atomic mass is 9.98. The fourth-order valence-corrected chi connectivity index (χ4v) is 4.82. The molecule has 0 bridgehead atoms. The summed E-state index contributed by atoms with van der Waals surface area (Å²) in [4.78, 5) is 35.8. The normalized spacial score (nSPS) is 30.5. The van der Waals surface area contributed by atoms with E-state index in [2.05, 4.69) is 11.7 Å². The van der Waals surface area contributed by atoms with Crippen LogP contribution in [0.15, 0.2) is 24.5 Å². The van der Waals surface area contributed by atoms with E-state index in [1.807, 2.05) is 0 Å². The van der Waals surface area contributed by atoms with E-state index in [0.717, 1.165) is 6.92 Å². The van der Waals surface area contributed by atoms with Crippen molar-refractivity contribution in [2.75, 3.05) is 6.61 Å².